The molecule has 1 aromatic carbocycles. The zero-order valence-electron chi connectivity index (χ0n) is 10.7. The Morgan fingerprint density at radius 1 is 1.47 bits per heavy atom. The molecule has 0 aliphatic carbocycles. The average molecular weight is 264 g/mol. The molecule has 19 heavy (non-hydrogen) atoms. The van der Waals surface area contributed by atoms with Gasteiger partial charge in [-0.25, -0.2) is 8.78 Å². The number of likely N-dealkylation sites (N-methyl/N-ethyl adjacent to an activating group) is 1. The average Bonchev–Trinajstić information content (AvgIpc) is 2.37. The van der Waals surface area contributed by atoms with Gasteiger partial charge in [-0.1, -0.05) is 6.07 Å². The van der Waals surface area contributed by atoms with Gasteiger partial charge in [0, 0.05) is 25.2 Å². The van der Waals surface area contributed by atoms with Gasteiger partial charge in [0.2, 0.25) is 5.91 Å². The van der Waals surface area contributed by atoms with E-state index in [1.807, 2.05) is 6.07 Å². The molecule has 0 fully saturated rings. The highest BCUT2D eigenvalue weighted by molar-refractivity contribution is 5.91. The van der Waals surface area contributed by atoms with Crippen LogP contribution in [0.4, 0.5) is 8.78 Å². The number of amides is 1. The van der Waals surface area contributed by atoms with Gasteiger partial charge in [0.25, 0.3) is 0 Å². The molecule has 0 radical (unpaired) electrons. The molecule has 3 nitrogen and oxygen atoms in total. The summed E-state index contributed by atoms with van der Waals surface area (Å²) in [4.78, 5) is 13.0. The molecule has 0 N–H and O–H groups in total. The first-order valence-electron chi connectivity index (χ1n) is 5.72. The van der Waals surface area contributed by atoms with Gasteiger partial charge >= 0.3 is 0 Å². The minimum Gasteiger partial charge on any atom is -0.341 e. The molecular formula is C14H14F2N2O. The molecule has 0 aromatic heterocycles. The number of carbonyl (C=O) groups excluding carboxylic acids is 1. The minimum absolute atomic E-state index is 0.252. The molecular weight excluding hydrogens is 250 g/mol. The Labute approximate surface area is 110 Å². The topological polar surface area (TPSA) is 44.1 Å². The fraction of sp³-hybridized carbons (Fsp3) is 0.286. The molecule has 1 amide bonds. The molecule has 1 rings (SSSR count). The van der Waals surface area contributed by atoms with Crippen LogP contribution in [-0.2, 0) is 4.79 Å². The first kappa shape index (κ1) is 14.8. The Hall–Kier alpha value is -2.22. The number of halogens is 2. The summed E-state index contributed by atoms with van der Waals surface area (Å²) in [6, 6.07) is 5.50. The standard InChI is InChI=1S/C14H14F2N2O/c1-10(8-17)9-18(2)14(19)7-6-11-12(15)4-3-5-13(11)16/h3-7,10H,9H2,1-2H3/b7-6-/t10-/m1/s1. The molecule has 1 atom stereocenters. The molecule has 100 valence electrons. The van der Waals surface area contributed by atoms with Gasteiger partial charge in [-0.3, -0.25) is 4.79 Å². The van der Waals surface area contributed by atoms with Crippen molar-refractivity contribution in [3.63, 3.8) is 0 Å². The maximum Gasteiger partial charge on any atom is 0.246 e. The van der Waals surface area contributed by atoms with E-state index in [0.717, 1.165) is 24.3 Å². The molecule has 0 bridgehead atoms. The Morgan fingerprint density at radius 2 is 2.05 bits per heavy atom. The molecule has 0 spiro atoms. The van der Waals surface area contributed by atoms with Crippen molar-refractivity contribution in [2.75, 3.05) is 13.6 Å². The summed E-state index contributed by atoms with van der Waals surface area (Å²) in [5.41, 5.74) is -0.252. The van der Waals surface area contributed by atoms with Crippen LogP contribution >= 0.6 is 0 Å². The van der Waals surface area contributed by atoms with Gasteiger partial charge in [0.05, 0.1) is 12.0 Å². The second-order valence-electron chi connectivity index (χ2n) is 4.22. The highest BCUT2D eigenvalue weighted by Crippen LogP contribution is 2.13. The van der Waals surface area contributed by atoms with Crippen molar-refractivity contribution in [1.29, 1.82) is 5.26 Å². The molecule has 5 heteroatoms. The first-order chi connectivity index (χ1) is 8.95. The normalized spacial score (nSPS) is 12.2. The summed E-state index contributed by atoms with van der Waals surface area (Å²) in [7, 11) is 1.53. The van der Waals surface area contributed by atoms with Crippen molar-refractivity contribution >= 4 is 12.0 Å². The lowest BCUT2D eigenvalue weighted by Crippen LogP contribution is -2.29. The number of carbonyl (C=O) groups is 1. The lowest BCUT2D eigenvalue weighted by molar-refractivity contribution is -0.125. The van der Waals surface area contributed by atoms with E-state index in [0.29, 0.717) is 0 Å². The summed E-state index contributed by atoms with van der Waals surface area (Å²) in [5.74, 6) is -2.16. The first-order valence-corrected chi connectivity index (χ1v) is 5.72. The maximum absolute atomic E-state index is 13.3. The van der Waals surface area contributed by atoms with Crippen molar-refractivity contribution in [2.45, 2.75) is 6.92 Å². The van der Waals surface area contributed by atoms with Gasteiger partial charge in [0.15, 0.2) is 0 Å². The summed E-state index contributed by atoms with van der Waals surface area (Å²) in [6.45, 7) is 1.95. The van der Waals surface area contributed by atoms with Crippen LogP contribution in [0.15, 0.2) is 24.3 Å². The zero-order chi connectivity index (χ0) is 14.4. The minimum atomic E-state index is -0.725. The summed E-state index contributed by atoms with van der Waals surface area (Å²) in [6.07, 6.45) is 2.19. The number of rotatable bonds is 4. The van der Waals surface area contributed by atoms with Crippen LogP contribution in [0.5, 0.6) is 0 Å². The van der Waals surface area contributed by atoms with Crippen molar-refractivity contribution in [3.8, 4) is 6.07 Å². The lowest BCUT2D eigenvalue weighted by Gasteiger charge is -2.15. The van der Waals surface area contributed by atoms with Crippen LogP contribution in [0.25, 0.3) is 6.08 Å². The fourth-order valence-corrected chi connectivity index (χ4v) is 1.49. The van der Waals surface area contributed by atoms with E-state index in [1.54, 1.807) is 6.92 Å². The van der Waals surface area contributed by atoms with Crippen molar-refractivity contribution in [1.82, 2.24) is 4.90 Å². The molecule has 0 aliphatic rings. The number of hydrogen-bond acceptors (Lipinski definition) is 2. The number of nitriles is 1. The third-order valence-corrected chi connectivity index (χ3v) is 2.54. The molecule has 0 heterocycles. The Bertz CT molecular complexity index is 514. The molecule has 0 saturated heterocycles. The summed E-state index contributed by atoms with van der Waals surface area (Å²) >= 11 is 0. The highest BCUT2D eigenvalue weighted by Gasteiger charge is 2.10. The van der Waals surface area contributed by atoms with Crippen molar-refractivity contribution < 1.29 is 13.6 Å². The third-order valence-electron chi connectivity index (χ3n) is 2.54. The Balaban J connectivity index is 2.77. The third kappa shape index (κ3) is 4.18. The van der Waals surface area contributed by atoms with Gasteiger partial charge in [-0.15, -0.1) is 0 Å². The maximum atomic E-state index is 13.3. The van der Waals surface area contributed by atoms with Gasteiger partial charge in [0.1, 0.15) is 11.6 Å². The van der Waals surface area contributed by atoms with E-state index in [4.69, 9.17) is 5.26 Å². The van der Waals surface area contributed by atoms with Crippen LogP contribution < -0.4 is 0 Å². The second-order valence-corrected chi connectivity index (χ2v) is 4.22. The quantitative estimate of drug-likeness (QED) is 0.784. The van der Waals surface area contributed by atoms with E-state index in [2.05, 4.69) is 0 Å². The smallest absolute Gasteiger partial charge is 0.246 e. The van der Waals surface area contributed by atoms with Crippen LogP contribution in [-0.4, -0.2) is 24.4 Å². The van der Waals surface area contributed by atoms with Gasteiger partial charge < -0.3 is 4.90 Å². The van der Waals surface area contributed by atoms with Gasteiger partial charge in [-0.05, 0) is 25.1 Å². The molecule has 0 unspecified atom stereocenters. The largest absolute Gasteiger partial charge is 0.341 e. The van der Waals surface area contributed by atoms with Crippen LogP contribution in [0.1, 0.15) is 12.5 Å². The van der Waals surface area contributed by atoms with Crippen LogP contribution in [0.3, 0.4) is 0 Å². The zero-order valence-corrected chi connectivity index (χ0v) is 10.7. The number of nitrogens with zero attached hydrogens (tertiary/aromatic N) is 2. The van der Waals surface area contributed by atoms with E-state index in [9.17, 15) is 13.6 Å². The Kier molecular flexibility index (Phi) is 5.19. The van der Waals surface area contributed by atoms with Crippen LogP contribution in [0, 0.1) is 28.9 Å². The van der Waals surface area contributed by atoms with Gasteiger partial charge in [-0.2, -0.15) is 5.26 Å². The van der Waals surface area contributed by atoms with E-state index in [1.165, 1.54) is 18.0 Å². The molecule has 1 aromatic rings. The van der Waals surface area contributed by atoms with Crippen molar-refractivity contribution in [2.24, 2.45) is 5.92 Å². The fourth-order valence-electron chi connectivity index (χ4n) is 1.49. The van der Waals surface area contributed by atoms with E-state index in [-0.39, 0.29) is 18.0 Å². The van der Waals surface area contributed by atoms with Crippen molar-refractivity contribution in [3.05, 3.63) is 41.5 Å². The highest BCUT2D eigenvalue weighted by atomic mass is 19.1. The summed E-state index contributed by atoms with van der Waals surface area (Å²) < 4.78 is 26.6. The Morgan fingerprint density at radius 3 is 2.58 bits per heavy atom. The predicted octanol–water partition coefficient (Wildman–Crippen LogP) is 2.60. The number of hydrogen-bond donors (Lipinski definition) is 0. The molecule has 0 saturated carbocycles. The second kappa shape index (κ2) is 6.64. The predicted molar refractivity (Wildman–Crippen MR) is 67.8 cm³/mol. The lowest BCUT2D eigenvalue weighted by atomic mass is 10.1. The summed E-state index contributed by atoms with van der Waals surface area (Å²) in [5, 5.41) is 8.64. The molecule has 0 aliphatic heterocycles. The SMILES string of the molecule is C[C@H](C#N)CN(C)C(=O)/C=C\c1c(F)cccc1F. The van der Waals surface area contributed by atoms with E-state index >= 15 is 0 Å². The number of benzene rings is 1. The monoisotopic (exact) mass is 264 g/mol. The van der Waals surface area contributed by atoms with Crippen LogP contribution in [0.2, 0.25) is 0 Å². The van der Waals surface area contributed by atoms with E-state index < -0.39 is 17.5 Å².